The van der Waals surface area contributed by atoms with Crippen molar-refractivity contribution in [1.82, 2.24) is 0 Å². The highest BCUT2D eigenvalue weighted by molar-refractivity contribution is 5.49. The molecule has 1 rings (SSSR count). The summed E-state index contributed by atoms with van der Waals surface area (Å²) in [6.45, 7) is 14.7. The molecule has 0 aromatic rings. The third-order valence-corrected chi connectivity index (χ3v) is 4.05. The Morgan fingerprint density at radius 3 is 2.52 bits per heavy atom. The van der Waals surface area contributed by atoms with Crippen molar-refractivity contribution in [1.29, 1.82) is 0 Å². The van der Waals surface area contributed by atoms with Crippen molar-refractivity contribution in [3.8, 4) is 0 Å². The Labute approximate surface area is 132 Å². The predicted octanol–water partition coefficient (Wildman–Crippen LogP) is 6.27. The summed E-state index contributed by atoms with van der Waals surface area (Å²) in [7, 11) is 0. The lowest BCUT2D eigenvalue weighted by molar-refractivity contribution is -0.108. The van der Waals surface area contributed by atoms with Gasteiger partial charge < -0.3 is 4.79 Å². The van der Waals surface area contributed by atoms with Crippen molar-refractivity contribution < 1.29 is 4.79 Å². The number of hydrogen-bond acceptors (Lipinski definition) is 1. The summed E-state index contributed by atoms with van der Waals surface area (Å²) in [6, 6.07) is 0. The van der Waals surface area contributed by atoms with Crippen molar-refractivity contribution >= 4 is 6.29 Å². The van der Waals surface area contributed by atoms with Crippen LogP contribution in [0.2, 0.25) is 0 Å². The summed E-state index contributed by atoms with van der Waals surface area (Å²) in [6.07, 6.45) is 12.3. The van der Waals surface area contributed by atoms with Crippen LogP contribution >= 0.6 is 0 Å². The maximum atomic E-state index is 10.1. The first-order valence-electron chi connectivity index (χ1n) is 8.24. The molecule has 0 heterocycles. The highest BCUT2D eigenvalue weighted by atomic mass is 16.1. The van der Waals surface area contributed by atoms with Crippen molar-refractivity contribution in [2.24, 2.45) is 11.8 Å². The quantitative estimate of drug-likeness (QED) is 0.416. The fourth-order valence-electron chi connectivity index (χ4n) is 2.35. The van der Waals surface area contributed by atoms with Gasteiger partial charge in [0, 0.05) is 6.42 Å². The molecule has 0 bridgehead atoms. The summed E-state index contributed by atoms with van der Waals surface area (Å²) >= 11 is 0. The van der Waals surface area contributed by atoms with Crippen molar-refractivity contribution in [3.05, 3.63) is 35.5 Å². The van der Waals surface area contributed by atoms with Gasteiger partial charge in [-0.1, -0.05) is 42.4 Å². The number of aldehydes is 1. The molecule has 1 aliphatic rings. The first-order chi connectivity index (χ1) is 9.86. The van der Waals surface area contributed by atoms with E-state index < -0.39 is 0 Å². The largest absolute Gasteiger partial charge is 0.303 e. The van der Waals surface area contributed by atoms with E-state index in [0.717, 1.165) is 25.0 Å². The van der Waals surface area contributed by atoms with Gasteiger partial charge in [0.2, 0.25) is 0 Å². The highest BCUT2D eigenvalue weighted by Gasteiger charge is 2.11. The van der Waals surface area contributed by atoms with Crippen molar-refractivity contribution in [2.45, 2.75) is 73.1 Å². The molecule has 0 saturated carbocycles. The molecule has 0 fully saturated rings. The van der Waals surface area contributed by atoms with Gasteiger partial charge in [0.05, 0.1) is 0 Å². The van der Waals surface area contributed by atoms with Crippen LogP contribution in [0.1, 0.15) is 73.1 Å². The minimum absolute atomic E-state index is 0.545. The third-order valence-electron chi connectivity index (χ3n) is 4.05. The first-order valence-corrected chi connectivity index (χ1v) is 8.24. The number of carbonyl (C=O) groups is 1. The topological polar surface area (TPSA) is 17.1 Å². The minimum atomic E-state index is 0.545. The average molecular weight is 290 g/mol. The molecule has 0 spiro atoms. The van der Waals surface area contributed by atoms with Gasteiger partial charge in [0.25, 0.3) is 0 Å². The number of rotatable bonds is 6. The monoisotopic (exact) mass is 290 g/mol. The fraction of sp³-hybridized carbons (Fsp3) is 0.650. The van der Waals surface area contributed by atoms with Gasteiger partial charge in [-0.3, -0.25) is 0 Å². The Kier molecular flexibility index (Phi) is 10.9. The molecule has 0 aliphatic heterocycles. The summed E-state index contributed by atoms with van der Waals surface area (Å²) < 4.78 is 0. The van der Waals surface area contributed by atoms with Crippen LogP contribution in [0.5, 0.6) is 0 Å². The van der Waals surface area contributed by atoms with Gasteiger partial charge in [-0.2, -0.15) is 0 Å². The van der Waals surface area contributed by atoms with Crippen LogP contribution in [0.15, 0.2) is 35.5 Å². The van der Waals surface area contributed by atoms with Crippen LogP contribution in [-0.2, 0) is 4.79 Å². The molecular formula is C20H34O. The molecule has 0 N–H and O–H groups in total. The van der Waals surface area contributed by atoms with Gasteiger partial charge in [-0.15, -0.1) is 0 Å². The second-order valence-electron chi connectivity index (χ2n) is 6.73. The summed E-state index contributed by atoms with van der Waals surface area (Å²) in [5.41, 5.74) is 4.27. The van der Waals surface area contributed by atoms with E-state index in [1.807, 2.05) is 0 Å². The van der Waals surface area contributed by atoms with Crippen LogP contribution in [0.3, 0.4) is 0 Å². The molecule has 0 aromatic heterocycles. The van der Waals surface area contributed by atoms with Crippen LogP contribution < -0.4 is 0 Å². The van der Waals surface area contributed by atoms with Gasteiger partial charge in [0.15, 0.2) is 0 Å². The van der Waals surface area contributed by atoms with E-state index in [0.29, 0.717) is 12.3 Å². The predicted molar refractivity (Wildman–Crippen MR) is 94.4 cm³/mol. The maximum absolute atomic E-state index is 10.1. The molecule has 0 radical (unpaired) electrons. The molecule has 0 saturated heterocycles. The van der Waals surface area contributed by atoms with E-state index in [9.17, 15) is 4.79 Å². The molecule has 2 atom stereocenters. The smallest absolute Gasteiger partial charge is 0.120 e. The summed E-state index contributed by atoms with van der Waals surface area (Å²) in [5.74, 6) is 1.31. The normalized spacial score (nSPS) is 18.7. The summed E-state index contributed by atoms with van der Waals surface area (Å²) in [4.78, 5) is 10.1. The Hall–Kier alpha value is -1.11. The van der Waals surface area contributed by atoms with E-state index in [2.05, 4.69) is 53.3 Å². The molecular weight excluding hydrogens is 256 g/mol. The number of allylic oxidation sites excluding steroid dienone is 5. The second-order valence-corrected chi connectivity index (χ2v) is 6.73. The van der Waals surface area contributed by atoms with Crippen molar-refractivity contribution in [3.63, 3.8) is 0 Å². The molecule has 1 heteroatoms. The van der Waals surface area contributed by atoms with Gasteiger partial charge in [-0.25, -0.2) is 0 Å². The molecule has 120 valence electrons. The SMILES string of the molecule is C=C(C)C1CC=C(C)CC1.CC(C)=CCCC(C)CC=O. The van der Waals surface area contributed by atoms with Gasteiger partial charge in [0.1, 0.15) is 6.29 Å². The second kappa shape index (κ2) is 11.5. The minimum Gasteiger partial charge on any atom is -0.303 e. The van der Waals surface area contributed by atoms with Crippen LogP contribution in [0, 0.1) is 11.8 Å². The van der Waals surface area contributed by atoms with E-state index >= 15 is 0 Å². The standard InChI is InChI=1S/C10H18O.C10H16/c1-9(2)5-4-6-10(3)7-8-11;1-8(2)10-6-4-9(3)5-7-10/h5,8,10H,4,6-7H2,1-3H3;4,10H,1,5-7H2,2-3H3. The lowest BCUT2D eigenvalue weighted by atomic mass is 9.86. The first kappa shape index (κ1) is 19.9. The lowest BCUT2D eigenvalue weighted by Gasteiger charge is -2.19. The van der Waals surface area contributed by atoms with E-state index in [4.69, 9.17) is 0 Å². The van der Waals surface area contributed by atoms with E-state index in [1.54, 1.807) is 5.57 Å². The average Bonchev–Trinajstić information content (AvgIpc) is 2.39. The molecule has 0 amide bonds. The molecule has 0 aromatic carbocycles. The van der Waals surface area contributed by atoms with Gasteiger partial charge >= 0.3 is 0 Å². The Bertz CT molecular complexity index is 369. The summed E-state index contributed by atoms with van der Waals surface area (Å²) in [5, 5.41) is 0. The van der Waals surface area contributed by atoms with Crippen molar-refractivity contribution in [2.75, 3.05) is 0 Å². The van der Waals surface area contributed by atoms with Crippen LogP contribution in [0.4, 0.5) is 0 Å². The van der Waals surface area contributed by atoms with E-state index in [-0.39, 0.29) is 0 Å². The zero-order valence-electron chi connectivity index (χ0n) is 14.7. The molecule has 21 heavy (non-hydrogen) atoms. The zero-order chi connectivity index (χ0) is 16.3. The maximum Gasteiger partial charge on any atom is 0.120 e. The zero-order valence-corrected chi connectivity index (χ0v) is 14.7. The highest BCUT2D eigenvalue weighted by Crippen LogP contribution is 2.27. The number of hydrogen-bond donors (Lipinski definition) is 0. The Morgan fingerprint density at radius 1 is 1.43 bits per heavy atom. The van der Waals surface area contributed by atoms with Crippen LogP contribution in [-0.4, -0.2) is 6.29 Å². The Morgan fingerprint density at radius 2 is 2.10 bits per heavy atom. The third kappa shape index (κ3) is 11.2. The Balaban J connectivity index is 0.000000382. The molecule has 2 unspecified atom stereocenters. The van der Waals surface area contributed by atoms with E-state index in [1.165, 1.54) is 30.4 Å². The molecule has 1 aliphatic carbocycles. The van der Waals surface area contributed by atoms with Crippen LogP contribution in [0.25, 0.3) is 0 Å². The number of carbonyl (C=O) groups excluding carboxylic acids is 1. The van der Waals surface area contributed by atoms with Gasteiger partial charge in [-0.05, 0) is 71.6 Å². The fourth-order valence-corrected chi connectivity index (χ4v) is 2.35. The lowest BCUT2D eigenvalue weighted by Crippen LogP contribution is -2.04. The molecule has 1 nitrogen and oxygen atoms in total.